The fraction of sp³-hybridized carbons (Fsp3) is 0.231. The molecule has 1 atom stereocenters. The second-order valence-electron chi connectivity index (χ2n) is 4.13. The van der Waals surface area contributed by atoms with E-state index >= 15 is 0 Å². The number of aromatic amines is 1. The first-order chi connectivity index (χ1) is 9.18. The molecule has 1 aromatic carbocycles. The van der Waals surface area contributed by atoms with E-state index in [1.807, 2.05) is 30.3 Å². The fourth-order valence-electron chi connectivity index (χ4n) is 1.72. The van der Waals surface area contributed by atoms with Gasteiger partial charge in [-0.25, -0.2) is 4.98 Å². The van der Waals surface area contributed by atoms with Crippen LogP contribution in [-0.4, -0.2) is 16.5 Å². The standard InChI is InChI=1S/C13H15ClN4O/c14-11-12(17-8-18-13(11)19)16-7-6-10(15)9-4-2-1-3-5-9/h1-5,8,10H,6-7,15H2,(H2,16,17,18,19). The van der Waals surface area contributed by atoms with Crippen molar-refractivity contribution in [3.05, 3.63) is 57.6 Å². The molecule has 0 amide bonds. The van der Waals surface area contributed by atoms with Crippen molar-refractivity contribution in [3.63, 3.8) is 0 Å². The van der Waals surface area contributed by atoms with Crippen LogP contribution in [0.2, 0.25) is 5.02 Å². The number of rotatable bonds is 5. The monoisotopic (exact) mass is 278 g/mol. The molecule has 0 saturated carbocycles. The van der Waals surface area contributed by atoms with Crippen LogP contribution in [0.15, 0.2) is 41.5 Å². The molecule has 0 radical (unpaired) electrons. The fourth-order valence-corrected chi connectivity index (χ4v) is 1.89. The molecule has 1 unspecified atom stereocenters. The summed E-state index contributed by atoms with van der Waals surface area (Å²) in [5.74, 6) is 0.380. The van der Waals surface area contributed by atoms with Gasteiger partial charge in [-0.15, -0.1) is 0 Å². The van der Waals surface area contributed by atoms with Gasteiger partial charge < -0.3 is 16.0 Å². The molecule has 2 rings (SSSR count). The van der Waals surface area contributed by atoms with Gasteiger partial charge in [0, 0.05) is 12.6 Å². The quantitative estimate of drug-likeness (QED) is 0.780. The zero-order chi connectivity index (χ0) is 13.7. The van der Waals surface area contributed by atoms with Crippen molar-refractivity contribution in [2.75, 3.05) is 11.9 Å². The number of nitrogens with two attached hydrogens (primary N) is 1. The first kappa shape index (κ1) is 13.6. The highest BCUT2D eigenvalue weighted by Crippen LogP contribution is 2.15. The molecule has 0 aliphatic carbocycles. The van der Waals surface area contributed by atoms with Crippen LogP contribution in [-0.2, 0) is 0 Å². The van der Waals surface area contributed by atoms with Gasteiger partial charge in [0.15, 0.2) is 5.82 Å². The van der Waals surface area contributed by atoms with Crippen molar-refractivity contribution in [1.29, 1.82) is 0 Å². The number of halogens is 1. The molecule has 1 aromatic heterocycles. The molecule has 6 heteroatoms. The van der Waals surface area contributed by atoms with Crippen molar-refractivity contribution in [2.45, 2.75) is 12.5 Å². The molecule has 2 aromatic rings. The number of anilines is 1. The van der Waals surface area contributed by atoms with Crippen molar-refractivity contribution in [2.24, 2.45) is 5.73 Å². The Morgan fingerprint density at radius 3 is 2.84 bits per heavy atom. The number of hydrogen-bond acceptors (Lipinski definition) is 4. The van der Waals surface area contributed by atoms with Crippen LogP contribution in [0, 0.1) is 0 Å². The summed E-state index contributed by atoms with van der Waals surface area (Å²) < 4.78 is 0. The van der Waals surface area contributed by atoms with Gasteiger partial charge in [-0.05, 0) is 12.0 Å². The van der Waals surface area contributed by atoms with Crippen LogP contribution in [0.4, 0.5) is 5.82 Å². The summed E-state index contributed by atoms with van der Waals surface area (Å²) in [4.78, 5) is 17.6. The number of aromatic nitrogens is 2. The Labute approximate surface area is 115 Å². The maximum Gasteiger partial charge on any atom is 0.271 e. The Hall–Kier alpha value is -1.85. The lowest BCUT2D eigenvalue weighted by atomic mass is 10.1. The predicted molar refractivity (Wildman–Crippen MR) is 76.3 cm³/mol. The third-order valence-electron chi connectivity index (χ3n) is 2.77. The largest absolute Gasteiger partial charge is 0.369 e. The number of H-pyrrole nitrogens is 1. The Bertz CT molecular complexity index is 585. The normalized spacial score (nSPS) is 12.1. The summed E-state index contributed by atoms with van der Waals surface area (Å²) in [5, 5.41) is 3.08. The van der Waals surface area contributed by atoms with Crippen LogP contribution in [0.5, 0.6) is 0 Å². The van der Waals surface area contributed by atoms with Crippen LogP contribution in [0.1, 0.15) is 18.0 Å². The number of nitrogens with one attached hydrogen (secondary N) is 2. The van der Waals surface area contributed by atoms with Crippen molar-refractivity contribution >= 4 is 17.4 Å². The van der Waals surface area contributed by atoms with E-state index in [0.717, 1.165) is 12.0 Å². The molecule has 0 fully saturated rings. The van der Waals surface area contributed by atoms with Gasteiger partial charge >= 0.3 is 0 Å². The zero-order valence-electron chi connectivity index (χ0n) is 10.3. The average molecular weight is 279 g/mol. The summed E-state index contributed by atoms with van der Waals surface area (Å²) in [5.41, 5.74) is 6.79. The first-order valence-corrected chi connectivity index (χ1v) is 6.34. The molecule has 19 heavy (non-hydrogen) atoms. The summed E-state index contributed by atoms with van der Waals surface area (Å²) in [6.07, 6.45) is 2.03. The Morgan fingerprint density at radius 1 is 1.37 bits per heavy atom. The van der Waals surface area contributed by atoms with E-state index in [1.165, 1.54) is 6.33 Å². The molecule has 4 N–H and O–H groups in total. The lowest BCUT2D eigenvalue weighted by molar-refractivity contribution is 0.674. The molecule has 0 bridgehead atoms. The summed E-state index contributed by atoms with van der Waals surface area (Å²) in [6, 6.07) is 9.78. The van der Waals surface area contributed by atoms with Crippen molar-refractivity contribution in [3.8, 4) is 0 Å². The maximum absolute atomic E-state index is 11.3. The molecule has 0 aliphatic heterocycles. The van der Waals surface area contributed by atoms with Gasteiger partial charge in [0.05, 0.1) is 6.33 Å². The average Bonchev–Trinajstić information content (AvgIpc) is 2.44. The molecular formula is C13H15ClN4O. The first-order valence-electron chi connectivity index (χ1n) is 5.96. The van der Waals surface area contributed by atoms with E-state index in [9.17, 15) is 4.79 Å². The van der Waals surface area contributed by atoms with Gasteiger partial charge in [-0.2, -0.15) is 0 Å². The van der Waals surface area contributed by atoms with Crippen LogP contribution < -0.4 is 16.6 Å². The molecule has 0 aliphatic rings. The van der Waals surface area contributed by atoms with Gasteiger partial charge in [0.25, 0.3) is 5.56 Å². The summed E-state index contributed by atoms with van der Waals surface area (Å²) >= 11 is 5.83. The highest BCUT2D eigenvalue weighted by atomic mass is 35.5. The molecular weight excluding hydrogens is 264 g/mol. The van der Waals surface area contributed by atoms with Gasteiger partial charge in [-0.3, -0.25) is 4.79 Å². The molecule has 100 valence electrons. The molecule has 0 spiro atoms. The highest BCUT2D eigenvalue weighted by molar-refractivity contribution is 6.32. The van der Waals surface area contributed by atoms with E-state index < -0.39 is 0 Å². The van der Waals surface area contributed by atoms with E-state index in [-0.39, 0.29) is 16.6 Å². The Balaban J connectivity index is 1.90. The molecule has 1 heterocycles. The number of benzene rings is 1. The lowest BCUT2D eigenvalue weighted by Gasteiger charge is -2.13. The SMILES string of the molecule is NC(CCNc1nc[nH]c(=O)c1Cl)c1ccccc1. The minimum atomic E-state index is -0.355. The predicted octanol–water partition coefficient (Wildman–Crippen LogP) is 1.93. The second-order valence-corrected chi connectivity index (χ2v) is 4.50. The van der Waals surface area contributed by atoms with E-state index in [0.29, 0.717) is 12.4 Å². The van der Waals surface area contributed by atoms with Crippen molar-refractivity contribution in [1.82, 2.24) is 9.97 Å². The minimum absolute atomic E-state index is 0.0607. The van der Waals surface area contributed by atoms with Crippen LogP contribution in [0.25, 0.3) is 0 Å². The topological polar surface area (TPSA) is 83.8 Å². The molecule has 0 saturated heterocycles. The minimum Gasteiger partial charge on any atom is -0.369 e. The summed E-state index contributed by atoms with van der Waals surface area (Å²) in [6.45, 7) is 0.590. The second kappa shape index (κ2) is 6.36. The van der Waals surface area contributed by atoms with Crippen molar-refractivity contribution < 1.29 is 0 Å². The third-order valence-corrected chi connectivity index (χ3v) is 3.12. The summed E-state index contributed by atoms with van der Waals surface area (Å²) in [7, 11) is 0. The zero-order valence-corrected chi connectivity index (χ0v) is 11.0. The Morgan fingerprint density at radius 2 is 2.11 bits per heavy atom. The van der Waals surface area contributed by atoms with E-state index in [2.05, 4.69) is 15.3 Å². The van der Waals surface area contributed by atoms with E-state index in [4.69, 9.17) is 17.3 Å². The van der Waals surface area contributed by atoms with Crippen LogP contribution >= 0.6 is 11.6 Å². The maximum atomic E-state index is 11.3. The van der Waals surface area contributed by atoms with Crippen LogP contribution in [0.3, 0.4) is 0 Å². The highest BCUT2D eigenvalue weighted by Gasteiger charge is 2.07. The van der Waals surface area contributed by atoms with Gasteiger partial charge in [0.2, 0.25) is 0 Å². The third kappa shape index (κ3) is 3.56. The lowest BCUT2D eigenvalue weighted by Crippen LogP contribution is -2.17. The Kier molecular flexibility index (Phi) is 4.54. The number of nitrogens with zero attached hydrogens (tertiary/aromatic N) is 1. The smallest absolute Gasteiger partial charge is 0.271 e. The van der Waals surface area contributed by atoms with Gasteiger partial charge in [-0.1, -0.05) is 41.9 Å². The van der Waals surface area contributed by atoms with E-state index in [1.54, 1.807) is 0 Å². The number of hydrogen-bond donors (Lipinski definition) is 3. The van der Waals surface area contributed by atoms with Gasteiger partial charge in [0.1, 0.15) is 5.02 Å². The molecule has 5 nitrogen and oxygen atoms in total.